The number of rotatable bonds is 10. The number of H-pyrrole nitrogens is 1. The first-order valence-electron chi connectivity index (χ1n) is 14.1. The van der Waals surface area contributed by atoms with E-state index < -0.39 is 30.1 Å². The summed E-state index contributed by atoms with van der Waals surface area (Å²) < 4.78 is 92.5. The summed E-state index contributed by atoms with van der Waals surface area (Å²) in [5, 5.41) is 26.1. The molecule has 50 heavy (non-hydrogen) atoms. The van der Waals surface area contributed by atoms with Gasteiger partial charge in [-0.2, -0.15) is 31.4 Å². The number of aromatic amines is 1. The van der Waals surface area contributed by atoms with E-state index in [9.17, 15) is 26.3 Å². The number of amidine groups is 1. The smallest absolute Gasteiger partial charge is 0.490 e. The van der Waals surface area contributed by atoms with Crippen LogP contribution in [0.15, 0.2) is 55.0 Å². The highest BCUT2D eigenvalue weighted by atomic mass is 19.4. The normalized spacial score (nSPS) is 11.1. The lowest BCUT2D eigenvalue weighted by atomic mass is 10.1. The van der Waals surface area contributed by atoms with Gasteiger partial charge in [-0.3, -0.25) is 10.1 Å². The van der Waals surface area contributed by atoms with Crippen molar-refractivity contribution in [2.75, 3.05) is 11.5 Å². The first-order valence-corrected chi connectivity index (χ1v) is 14.1. The third-order valence-corrected chi connectivity index (χ3v) is 5.87. The summed E-state index contributed by atoms with van der Waals surface area (Å²) in [4.78, 5) is 27.5. The number of nitrogen functional groups attached to an aromatic ring is 1. The Morgan fingerprint density at radius 2 is 1.62 bits per heavy atom. The van der Waals surface area contributed by atoms with Crippen LogP contribution in [0.5, 0.6) is 11.5 Å². The molecule has 4 aromatic rings. The van der Waals surface area contributed by atoms with Crippen molar-refractivity contribution in [3.63, 3.8) is 0 Å². The Morgan fingerprint density at radius 3 is 2.06 bits per heavy atom. The Labute approximate surface area is 279 Å². The zero-order valence-electron chi connectivity index (χ0n) is 26.7. The molecule has 2 aromatic carbocycles. The molecule has 0 saturated carbocycles. The van der Waals surface area contributed by atoms with Crippen LogP contribution >= 0.6 is 0 Å². The van der Waals surface area contributed by atoms with E-state index in [2.05, 4.69) is 10.1 Å². The molecule has 0 fully saturated rings. The molecule has 20 heteroatoms. The quantitative estimate of drug-likeness (QED) is 0.0735. The van der Waals surface area contributed by atoms with E-state index in [-0.39, 0.29) is 29.9 Å². The molecule has 272 valence electrons. The Balaban J connectivity index is 0.000000521. The lowest BCUT2D eigenvalue weighted by Crippen LogP contribution is -2.21. The lowest BCUT2D eigenvalue weighted by Gasteiger charge is -2.26. The number of nitrogens with zero attached hydrogens (tertiary/aromatic N) is 4. The summed E-state index contributed by atoms with van der Waals surface area (Å²) >= 11 is 0. The van der Waals surface area contributed by atoms with Crippen molar-refractivity contribution in [2.45, 2.75) is 45.8 Å². The molecule has 6 N–H and O–H groups in total. The molecule has 0 aliphatic rings. The van der Waals surface area contributed by atoms with Crippen LogP contribution in [-0.4, -0.2) is 72.8 Å². The largest absolute Gasteiger partial charge is 0.494 e. The summed E-state index contributed by atoms with van der Waals surface area (Å²) in [6.07, 6.45) is -4.98. The van der Waals surface area contributed by atoms with E-state index in [1.807, 2.05) is 34.0 Å². The summed E-state index contributed by atoms with van der Waals surface area (Å²) in [5.74, 6) is -4.85. The van der Waals surface area contributed by atoms with Crippen LogP contribution in [0.2, 0.25) is 0 Å². The minimum absolute atomic E-state index is 0.0441. The van der Waals surface area contributed by atoms with Gasteiger partial charge in [-0.1, -0.05) is 0 Å². The van der Waals surface area contributed by atoms with Crippen molar-refractivity contribution in [2.24, 2.45) is 12.8 Å². The van der Waals surface area contributed by atoms with Gasteiger partial charge in [0.1, 0.15) is 17.4 Å². The highest BCUT2D eigenvalue weighted by molar-refractivity contribution is 5.95. The average molecular weight is 720 g/mol. The van der Waals surface area contributed by atoms with Gasteiger partial charge in [-0.25, -0.2) is 19.0 Å². The number of aryl methyl sites for hydroxylation is 1. The van der Waals surface area contributed by atoms with Crippen LogP contribution in [0.3, 0.4) is 0 Å². The number of carbonyl (C=O) groups is 2. The van der Waals surface area contributed by atoms with E-state index in [0.29, 0.717) is 29.4 Å². The monoisotopic (exact) mass is 719 g/mol. The van der Waals surface area contributed by atoms with Crippen LogP contribution in [0.4, 0.5) is 42.1 Å². The maximum Gasteiger partial charge on any atom is 0.490 e. The number of alkyl halides is 6. The first-order chi connectivity index (χ1) is 23.1. The van der Waals surface area contributed by atoms with Crippen molar-refractivity contribution in [1.82, 2.24) is 19.7 Å². The number of halogens is 7. The standard InChI is InChI=1S/C26H30FN7O2.2C2HF3O2/c1-5-35-20-10-22(25(27)23(11-20)36-16(2)3)34(19-8-6-17(7-9-19)26(28)29)15-24-30-13-21(32-24)18-12-31-33(4)14-18;2*3-2(4,5)1(6)7/h6-14,16H,5,15H2,1-4H3,(H3,28,29)(H,30,32);2*(H,6,7). The number of hydrogen-bond donors (Lipinski definition) is 5. The molecule has 2 heterocycles. The van der Waals surface area contributed by atoms with Crippen LogP contribution < -0.4 is 20.1 Å². The lowest BCUT2D eigenvalue weighted by molar-refractivity contribution is -0.193. The van der Waals surface area contributed by atoms with E-state index in [4.69, 9.17) is 45.4 Å². The molecule has 4 rings (SSSR count). The van der Waals surface area contributed by atoms with Gasteiger partial charge in [-0.15, -0.1) is 0 Å². The van der Waals surface area contributed by atoms with Crippen LogP contribution in [0, 0.1) is 11.2 Å². The molecule has 0 bridgehead atoms. The molecule has 2 aromatic heterocycles. The summed E-state index contributed by atoms with van der Waals surface area (Å²) in [6, 6.07) is 10.2. The molecule has 0 amide bonds. The third-order valence-electron chi connectivity index (χ3n) is 5.87. The van der Waals surface area contributed by atoms with E-state index in [0.717, 1.165) is 11.3 Å². The number of benzene rings is 2. The zero-order valence-corrected chi connectivity index (χ0v) is 26.7. The maximum atomic E-state index is 15.9. The summed E-state index contributed by atoms with van der Waals surface area (Å²) in [7, 11) is 1.84. The van der Waals surface area contributed by atoms with Gasteiger partial charge in [0.05, 0.1) is 36.8 Å². The van der Waals surface area contributed by atoms with E-state index in [1.165, 1.54) is 0 Å². The summed E-state index contributed by atoms with van der Waals surface area (Å²) in [5.41, 5.74) is 8.76. The number of imidazole rings is 1. The molecule has 13 nitrogen and oxygen atoms in total. The highest BCUT2D eigenvalue weighted by Crippen LogP contribution is 2.38. The number of carboxylic acid groups (broad SMARTS) is 2. The van der Waals surface area contributed by atoms with Gasteiger partial charge in [0.15, 0.2) is 11.6 Å². The predicted molar refractivity (Wildman–Crippen MR) is 165 cm³/mol. The number of carboxylic acids is 2. The molecule has 0 aliphatic heterocycles. The third kappa shape index (κ3) is 12.0. The number of ether oxygens (including phenoxy) is 2. The number of anilines is 2. The van der Waals surface area contributed by atoms with Crippen molar-refractivity contribution in [3.8, 4) is 22.8 Å². The van der Waals surface area contributed by atoms with Crippen molar-refractivity contribution < 1.29 is 60.0 Å². The van der Waals surface area contributed by atoms with Gasteiger partial charge >= 0.3 is 24.3 Å². The molecule has 0 unspecified atom stereocenters. The van der Waals surface area contributed by atoms with Crippen molar-refractivity contribution >= 4 is 29.1 Å². The predicted octanol–water partition coefficient (Wildman–Crippen LogP) is 6.02. The Morgan fingerprint density at radius 1 is 1.06 bits per heavy atom. The second kappa shape index (κ2) is 17.0. The van der Waals surface area contributed by atoms with Gasteiger partial charge in [0.2, 0.25) is 0 Å². The number of aliphatic carboxylic acids is 2. The van der Waals surface area contributed by atoms with Crippen molar-refractivity contribution in [1.29, 1.82) is 5.41 Å². The highest BCUT2D eigenvalue weighted by Gasteiger charge is 2.39. The zero-order chi connectivity index (χ0) is 38.0. The van der Waals surface area contributed by atoms with E-state index in [1.54, 1.807) is 58.4 Å². The molecular formula is C30H32F7N7O6. The fraction of sp³-hybridized carbons (Fsp3) is 0.300. The first kappa shape index (κ1) is 40.4. The minimum Gasteiger partial charge on any atom is -0.494 e. The van der Waals surface area contributed by atoms with E-state index >= 15 is 4.39 Å². The second-order valence-electron chi connectivity index (χ2n) is 10.1. The van der Waals surface area contributed by atoms with Crippen molar-refractivity contribution in [3.05, 3.63) is 72.2 Å². The molecule has 0 atom stereocenters. The van der Waals surface area contributed by atoms with Gasteiger partial charge < -0.3 is 35.3 Å². The SMILES string of the molecule is CCOc1cc(OC(C)C)c(F)c(N(Cc2nc(-c3cnn(C)c3)c[nH]2)c2ccc(C(=N)N)cc2)c1.O=C(O)C(F)(F)F.O=C(O)C(F)(F)F. The number of nitrogens with two attached hydrogens (primary N) is 1. The van der Waals surface area contributed by atoms with Gasteiger partial charge in [0, 0.05) is 48.4 Å². The van der Waals surface area contributed by atoms with Crippen LogP contribution in [0.25, 0.3) is 11.3 Å². The fourth-order valence-corrected chi connectivity index (χ4v) is 3.77. The molecular weight excluding hydrogens is 687 g/mol. The number of hydrogen-bond acceptors (Lipinski definition) is 8. The van der Waals surface area contributed by atoms with Gasteiger partial charge in [-0.05, 0) is 45.0 Å². The molecule has 0 spiro atoms. The molecule has 0 saturated heterocycles. The number of aromatic nitrogens is 4. The fourth-order valence-electron chi connectivity index (χ4n) is 3.77. The average Bonchev–Trinajstić information content (AvgIpc) is 3.66. The van der Waals surface area contributed by atoms with Gasteiger partial charge in [0.25, 0.3) is 0 Å². The summed E-state index contributed by atoms with van der Waals surface area (Å²) in [6.45, 7) is 6.20. The minimum atomic E-state index is -5.08. The topological polar surface area (TPSA) is 193 Å². The molecule has 0 radical (unpaired) electrons. The van der Waals surface area contributed by atoms with Crippen LogP contribution in [0.1, 0.15) is 32.2 Å². The Kier molecular flexibility index (Phi) is 13.7. The Bertz CT molecular complexity index is 1730. The second-order valence-corrected chi connectivity index (χ2v) is 10.1. The number of nitrogens with one attached hydrogen (secondary N) is 2. The maximum absolute atomic E-state index is 15.9. The van der Waals surface area contributed by atoms with Crippen LogP contribution in [-0.2, 0) is 23.2 Å². The Hall–Kier alpha value is -5.82. The molecule has 0 aliphatic carbocycles.